The molecule has 1 unspecified atom stereocenters. The number of aromatic amines is 1. The molecule has 1 fully saturated rings. The maximum Gasteiger partial charge on any atom is 0.325 e. The second-order valence-electron chi connectivity index (χ2n) is 9.47. The van der Waals surface area contributed by atoms with Crippen molar-refractivity contribution in [3.63, 3.8) is 0 Å². The summed E-state index contributed by atoms with van der Waals surface area (Å²) in [5.41, 5.74) is 3.90. The van der Waals surface area contributed by atoms with Crippen molar-refractivity contribution in [3.8, 4) is 17.2 Å². The zero-order valence-corrected chi connectivity index (χ0v) is 20.4. The quantitative estimate of drug-likeness (QED) is 0.371. The van der Waals surface area contributed by atoms with Gasteiger partial charge in [0.1, 0.15) is 18.4 Å². The van der Waals surface area contributed by atoms with Gasteiger partial charge in [-0.3, -0.25) is 14.6 Å². The number of ether oxygens (including phenoxy) is 3. The molecular weight excluding hydrogens is 470 g/mol. The Morgan fingerprint density at radius 3 is 2.57 bits per heavy atom. The molecule has 0 amide bonds. The first-order chi connectivity index (χ1) is 18.1. The van der Waals surface area contributed by atoms with Crippen molar-refractivity contribution in [3.05, 3.63) is 89.6 Å². The van der Waals surface area contributed by atoms with Gasteiger partial charge in [-0.25, -0.2) is 0 Å². The topological polar surface area (TPSA) is 87.3 Å². The lowest BCUT2D eigenvalue weighted by Crippen LogP contribution is -2.48. The van der Waals surface area contributed by atoms with Gasteiger partial charge in [-0.1, -0.05) is 36.4 Å². The number of aromatic nitrogens is 1. The minimum Gasteiger partial charge on any atom is -0.489 e. The van der Waals surface area contributed by atoms with Crippen LogP contribution in [0.25, 0.3) is 10.9 Å². The van der Waals surface area contributed by atoms with Crippen LogP contribution in [-0.4, -0.2) is 58.8 Å². The number of aliphatic carboxylic acids is 1. The first-order valence-electron chi connectivity index (χ1n) is 12.5. The number of H-pyrrole nitrogens is 1. The molecule has 1 atom stereocenters. The van der Waals surface area contributed by atoms with Crippen LogP contribution in [0.2, 0.25) is 0 Å². The molecule has 0 spiro atoms. The second kappa shape index (κ2) is 10.2. The normalized spacial score (nSPS) is 16.6. The van der Waals surface area contributed by atoms with Crippen molar-refractivity contribution < 1.29 is 24.1 Å². The molecule has 0 aliphatic carbocycles. The number of carboxylic acids is 1. The van der Waals surface area contributed by atoms with Gasteiger partial charge in [-0.05, 0) is 41.5 Å². The average molecular weight is 500 g/mol. The third kappa shape index (κ3) is 4.98. The minimum atomic E-state index is -0.847. The Hall–Kier alpha value is -4.01. The predicted molar refractivity (Wildman–Crippen MR) is 139 cm³/mol. The Labute approximate surface area is 215 Å². The van der Waals surface area contributed by atoms with Crippen LogP contribution in [0.5, 0.6) is 17.2 Å². The molecule has 190 valence electrons. The Kier molecular flexibility index (Phi) is 6.42. The van der Waals surface area contributed by atoms with Gasteiger partial charge in [0.05, 0.1) is 0 Å². The first kappa shape index (κ1) is 23.4. The molecule has 2 aliphatic rings. The summed E-state index contributed by atoms with van der Waals surface area (Å²) in [4.78, 5) is 20.1. The van der Waals surface area contributed by atoms with Gasteiger partial charge < -0.3 is 24.3 Å². The lowest BCUT2D eigenvalue weighted by atomic mass is 10.0. The van der Waals surface area contributed by atoms with Crippen LogP contribution in [0.3, 0.4) is 0 Å². The summed E-state index contributed by atoms with van der Waals surface area (Å²) in [6.45, 7) is 4.41. The van der Waals surface area contributed by atoms with Crippen LogP contribution in [0, 0.1) is 0 Å². The SMILES string of the molecule is O=C(O)C(c1c[nH]c2ccc(OCc3ccccc3)cc12)N1CCN(Cc2ccc3c(c2)OCO3)CC1. The Morgan fingerprint density at radius 1 is 0.946 bits per heavy atom. The van der Waals surface area contributed by atoms with Crippen molar-refractivity contribution >= 4 is 16.9 Å². The van der Waals surface area contributed by atoms with Gasteiger partial charge in [0.25, 0.3) is 0 Å². The van der Waals surface area contributed by atoms with Crippen molar-refractivity contribution in [1.29, 1.82) is 0 Å². The number of piperazine rings is 1. The fourth-order valence-corrected chi connectivity index (χ4v) is 5.14. The van der Waals surface area contributed by atoms with E-state index in [0.717, 1.165) is 64.5 Å². The molecular formula is C29H29N3O5. The van der Waals surface area contributed by atoms with Gasteiger partial charge >= 0.3 is 5.97 Å². The second-order valence-corrected chi connectivity index (χ2v) is 9.47. The molecule has 8 heteroatoms. The van der Waals surface area contributed by atoms with Crippen LogP contribution < -0.4 is 14.2 Å². The molecule has 2 N–H and O–H groups in total. The smallest absolute Gasteiger partial charge is 0.325 e. The summed E-state index contributed by atoms with van der Waals surface area (Å²) < 4.78 is 16.9. The van der Waals surface area contributed by atoms with E-state index in [-0.39, 0.29) is 6.79 Å². The molecule has 1 aromatic heterocycles. The number of carbonyl (C=O) groups is 1. The highest BCUT2D eigenvalue weighted by Gasteiger charge is 2.32. The molecule has 3 aromatic carbocycles. The number of fused-ring (bicyclic) bond motifs is 2. The summed E-state index contributed by atoms with van der Waals surface area (Å²) in [7, 11) is 0. The largest absolute Gasteiger partial charge is 0.489 e. The molecule has 37 heavy (non-hydrogen) atoms. The Balaban J connectivity index is 1.14. The van der Waals surface area contributed by atoms with Crippen molar-refractivity contribution in [2.75, 3.05) is 33.0 Å². The maximum atomic E-state index is 12.5. The van der Waals surface area contributed by atoms with Gasteiger partial charge in [-0.2, -0.15) is 0 Å². The monoisotopic (exact) mass is 499 g/mol. The van der Waals surface area contributed by atoms with Crippen LogP contribution in [0.4, 0.5) is 0 Å². The number of hydrogen-bond donors (Lipinski definition) is 2. The number of carboxylic acid groups (broad SMARTS) is 1. The molecule has 3 heterocycles. The van der Waals surface area contributed by atoms with Crippen LogP contribution in [0.15, 0.2) is 72.9 Å². The molecule has 2 aliphatic heterocycles. The van der Waals surface area contributed by atoms with E-state index in [1.807, 2.05) is 66.9 Å². The van der Waals surface area contributed by atoms with Crippen molar-refractivity contribution in [1.82, 2.24) is 14.8 Å². The number of nitrogens with one attached hydrogen (secondary N) is 1. The van der Waals surface area contributed by atoms with E-state index in [2.05, 4.69) is 20.9 Å². The summed E-state index contributed by atoms with van der Waals surface area (Å²) >= 11 is 0. The molecule has 0 radical (unpaired) electrons. The van der Waals surface area contributed by atoms with E-state index in [0.29, 0.717) is 19.7 Å². The summed E-state index contributed by atoms with van der Waals surface area (Å²) in [6, 6.07) is 21.1. The molecule has 0 saturated carbocycles. The van der Waals surface area contributed by atoms with Crippen molar-refractivity contribution in [2.24, 2.45) is 0 Å². The van der Waals surface area contributed by atoms with E-state index in [1.165, 1.54) is 0 Å². The summed E-state index contributed by atoms with van der Waals surface area (Å²) in [5, 5.41) is 11.1. The Bertz CT molecular complexity index is 1400. The third-order valence-corrected chi connectivity index (χ3v) is 7.08. The van der Waals surface area contributed by atoms with E-state index in [9.17, 15) is 9.90 Å². The average Bonchev–Trinajstić information content (AvgIpc) is 3.56. The third-order valence-electron chi connectivity index (χ3n) is 7.08. The standard InChI is InChI=1S/C29H29N3O5/c33-29(34)28(32-12-10-31(11-13-32)17-21-6-9-26-27(14-21)37-19-36-26)24-16-30-25-8-7-22(15-23(24)25)35-18-20-4-2-1-3-5-20/h1-9,14-16,28,30H,10-13,17-19H2,(H,33,34). The van der Waals surface area contributed by atoms with E-state index in [1.54, 1.807) is 0 Å². The fraction of sp³-hybridized carbons (Fsp3) is 0.276. The predicted octanol–water partition coefficient (Wildman–Crippen LogP) is 4.42. The van der Waals surface area contributed by atoms with Gasteiger partial charge in [0.2, 0.25) is 6.79 Å². The molecule has 1 saturated heterocycles. The lowest BCUT2D eigenvalue weighted by molar-refractivity contribution is -0.144. The maximum absolute atomic E-state index is 12.5. The number of nitrogens with zero attached hydrogens (tertiary/aromatic N) is 2. The molecule has 8 nitrogen and oxygen atoms in total. The number of rotatable bonds is 8. The highest BCUT2D eigenvalue weighted by molar-refractivity contribution is 5.90. The highest BCUT2D eigenvalue weighted by atomic mass is 16.7. The Morgan fingerprint density at radius 2 is 1.76 bits per heavy atom. The van der Waals surface area contributed by atoms with E-state index < -0.39 is 12.0 Å². The van der Waals surface area contributed by atoms with Crippen molar-refractivity contribution in [2.45, 2.75) is 19.2 Å². The van der Waals surface area contributed by atoms with Gasteiger partial charge in [0, 0.05) is 55.4 Å². The molecule has 0 bridgehead atoms. The van der Waals surface area contributed by atoms with Gasteiger partial charge in [-0.15, -0.1) is 0 Å². The minimum absolute atomic E-state index is 0.266. The van der Waals surface area contributed by atoms with Crippen LogP contribution >= 0.6 is 0 Å². The summed E-state index contributed by atoms with van der Waals surface area (Å²) in [6.07, 6.45) is 1.82. The fourth-order valence-electron chi connectivity index (χ4n) is 5.14. The molecule has 6 rings (SSSR count). The number of benzene rings is 3. The van der Waals surface area contributed by atoms with Crippen LogP contribution in [0.1, 0.15) is 22.7 Å². The zero-order valence-electron chi connectivity index (χ0n) is 20.4. The lowest BCUT2D eigenvalue weighted by Gasteiger charge is -2.37. The van der Waals surface area contributed by atoms with E-state index >= 15 is 0 Å². The van der Waals surface area contributed by atoms with Crippen LogP contribution in [-0.2, 0) is 17.9 Å². The summed E-state index contributed by atoms with van der Waals surface area (Å²) in [5.74, 6) is 1.44. The van der Waals surface area contributed by atoms with E-state index in [4.69, 9.17) is 14.2 Å². The zero-order chi connectivity index (χ0) is 25.2. The number of hydrogen-bond acceptors (Lipinski definition) is 6. The molecule has 4 aromatic rings. The van der Waals surface area contributed by atoms with Gasteiger partial charge in [0.15, 0.2) is 11.5 Å². The highest BCUT2D eigenvalue weighted by Crippen LogP contribution is 2.34. The first-order valence-corrected chi connectivity index (χ1v) is 12.5.